The molecule has 4 heterocycles. The number of aromatic nitrogens is 1. The molecule has 0 saturated carbocycles. The van der Waals surface area contributed by atoms with Gasteiger partial charge in [-0.25, -0.2) is 13.4 Å². The maximum atomic E-state index is 13.2. The number of carbonyl (C=O) groups is 2. The Balaban J connectivity index is 1.30. The van der Waals surface area contributed by atoms with Crippen molar-refractivity contribution in [3.8, 4) is 0 Å². The minimum absolute atomic E-state index is 0.0834. The Labute approximate surface area is 200 Å². The molecule has 1 aromatic heterocycles. The Morgan fingerprint density at radius 3 is 2.26 bits per heavy atom. The van der Waals surface area contributed by atoms with Gasteiger partial charge in [-0.2, -0.15) is 4.31 Å². The van der Waals surface area contributed by atoms with E-state index >= 15 is 0 Å². The lowest BCUT2D eigenvalue weighted by Gasteiger charge is -2.37. The summed E-state index contributed by atoms with van der Waals surface area (Å²) in [5.41, 5.74) is 0.657. The smallest absolute Gasteiger partial charge is 0.300 e. The number of piperazine rings is 1. The van der Waals surface area contributed by atoms with Gasteiger partial charge in [-0.05, 0) is 43.2 Å². The largest absolute Gasteiger partial charge is 0.354 e. The Morgan fingerprint density at radius 2 is 1.59 bits per heavy atom. The van der Waals surface area contributed by atoms with Gasteiger partial charge in [0.2, 0.25) is 10.0 Å². The summed E-state index contributed by atoms with van der Waals surface area (Å²) in [7, 11) is -3.70. The lowest BCUT2D eigenvalue weighted by atomic mass is 10.1. The number of sulfonamides is 1. The van der Waals surface area contributed by atoms with Crippen molar-refractivity contribution >= 4 is 33.2 Å². The molecule has 0 bridgehead atoms. The van der Waals surface area contributed by atoms with Crippen LogP contribution < -0.4 is 9.80 Å². The summed E-state index contributed by atoms with van der Waals surface area (Å²) in [6, 6.07) is 10.3. The van der Waals surface area contributed by atoms with E-state index in [9.17, 15) is 18.0 Å². The van der Waals surface area contributed by atoms with Crippen LogP contribution in [-0.4, -0.2) is 80.2 Å². The van der Waals surface area contributed by atoms with Gasteiger partial charge >= 0.3 is 5.91 Å². The molecule has 2 fully saturated rings. The maximum absolute atomic E-state index is 13.2. The fourth-order valence-electron chi connectivity index (χ4n) is 4.87. The van der Waals surface area contributed by atoms with Crippen molar-refractivity contribution in [1.82, 2.24) is 14.2 Å². The van der Waals surface area contributed by atoms with Crippen LogP contribution in [-0.2, 0) is 14.8 Å². The molecule has 5 rings (SSSR count). The van der Waals surface area contributed by atoms with Crippen LogP contribution in [0.3, 0.4) is 0 Å². The molecule has 9 nitrogen and oxygen atoms in total. The second kappa shape index (κ2) is 9.44. The van der Waals surface area contributed by atoms with E-state index in [1.54, 1.807) is 12.3 Å². The maximum Gasteiger partial charge on any atom is 0.300 e. The molecule has 0 atom stereocenters. The molecule has 34 heavy (non-hydrogen) atoms. The van der Waals surface area contributed by atoms with Crippen LogP contribution >= 0.6 is 0 Å². The summed E-state index contributed by atoms with van der Waals surface area (Å²) in [5, 5.41) is 0. The number of carbonyl (C=O) groups excluding carboxylic acids is 2. The minimum Gasteiger partial charge on any atom is -0.354 e. The van der Waals surface area contributed by atoms with Crippen molar-refractivity contribution in [2.45, 2.75) is 30.6 Å². The zero-order chi connectivity index (χ0) is 23.7. The van der Waals surface area contributed by atoms with E-state index in [4.69, 9.17) is 0 Å². The molecule has 0 radical (unpaired) electrons. The second-order valence-electron chi connectivity index (χ2n) is 8.99. The van der Waals surface area contributed by atoms with Gasteiger partial charge in [-0.15, -0.1) is 0 Å². The third-order valence-corrected chi connectivity index (χ3v) is 8.73. The highest BCUT2D eigenvalue weighted by Crippen LogP contribution is 2.32. The number of ketones is 1. The van der Waals surface area contributed by atoms with Crippen molar-refractivity contribution in [2.24, 2.45) is 0 Å². The van der Waals surface area contributed by atoms with E-state index in [-0.39, 0.29) is 10.5 Å². The highest BCUT2D eigenvalue weighted by Gasteiger charge is 2.38. The molecular formula is C24H29N5O4S. The fourth-order valence-corrected chi connectivity index (χ4v) is 6.41. The van der Waals surface area contributed by atoms with Gasteiger partial charge in [0.15, 0.2) is 0 Å². The van der Waals surface area contributed by atoms with E-state index in [1.165, 1.54) is 21.3 Å². The number of fused-ring (bicyclic) bond motifs is 1. The Kier molecular flexibility index (Phi) is 6.37. The van der Waals surface area contributed by atoms with Crippen molar-refractivity contribution in [1.29, 1.82) is 0 Å². The van der Waals surface area contributed by atoms with Crippen LogP contribution in [0.4, 0.5) is 11.5 Å². The topological polar surface area (TPSA) is 94.1 Å². The third-order valence-electron chi connectivity index (χ3n) is 6.83. The average Bonchev–Trinajstić information content (AvgIpc) is 3.06. The molecule has 3 aliphatic heterocycles. The SMILES string of the molecule is O=C1C(=O)N(CN2CCN(c3ccccn3)CC2)c2ccc(S(=O)(=O)N3CCCCCC3)cc21. The summed E-state index contributed by atoms with van der Waals surface area (Å²) in [5.74, 6) is -0.320. The van der Waals surface area contributed by atoms with Crippen molar-refractivity contribution in [2.75, 3.05) is 55.7 Å². The van der Waals surface area contributed by atoms with Gasteiger partial charge in [0.1, 0.15) is 5.82 Å². The van der Waals surface area contributed by atoms with Gasteiger partial charge in [0.25, 0.3) is 5.78 Å². The average molecular weight is 484 g/mol. The number of Topliss-reactive ketones (excluding diaryl/α,β-unsaturated/α-hetero) is 1. The number of hydrogen-bond donors (Lipinski definition) is 0. The monoisotopic (exact) mass is 483 g/mol. The number of nitrogens with zero attached hydrogens (tertiary/aromatic N) is 5. The van der Waals surface area contributed by atoms with Gasteiger partial charge < -0.3 is 4.90 Å². The molecule has 2 saturated heterocycles. The van der Waals surface area contributed by atoms with E-state index in [2.05, 4.69) is 14.8 Å². The van der Waals surface area contributed by atoms with E-state index < -0.39 is 21.7 Å². The van der Waals surface area contributed by atoms with E-state index in [1.807, 2.05) is 18.2 Å². The first kappa shape index (κ1) is 22.9. The second-order valence-corrected chi connectivity index (χ2v) is 10.9. The Hall–Kier alpha value is -2.82. The molecule has 0 spiro atoms. The summed E-state index contributed by atoms with van der Waals surface area (Å²) in [4.78, 5) is 35.8. The molecule has 10 heteroatoms. The minimum atomic E-state index is -3.70. The number of benzene rings is 1. The summed E-state index contributed by atoms with van der Waals surface area (Å²) < 4.78 is 27.8. The molecule has 0 aliphatic carbocycles. The number of rotatable bonds is 5. The molecule has 0 N–H and O–H groups in total. The van der Waals surface area contributed by atoms with Crippen LogP contribution in [0.15, 0.2) is 47.5 Å². The number of anilines is 2. The van der Waals surface area contributed by atoms with Gasteiger partial charge in [0.05, 0.1) is 22.8 Å². The standard InChI is InChI=1S/C24H29N5O4S/c30-23-20-17-19(34(32,33)28-11-5-1-2-6-12-28)8-9-21(20)29(24(23)31)18-26-13-15-27(16-14-26)22-7-3-4-10-25-22/h3-4,7-10,17H,1-2,5-6,11-16,18H2. The predicted molar refractivity (Wildman–Crippen MR) is 128 cm³/mol. The Bertz CT molecular complexity index is 1170. The van der Waals surface area contributed by atoms with Gasteiger partial charge in [-0.3, -0.25) is 19.4 Å². The highest BCUT2D eigenvalue weighted by molar-refractivity contribution is 7.89. The molecule has 2 aromatic rings. The first-order chi connectivity index (χ1) is 16.4. The first-order valence-electron chi connectivity index (χ1n) is 11.8. The normalized spacial score (nSPS) is 20.5. The number of pyridine rings is 1. The van der Waals surface area contributed by atoms with Gasteiger partial charge in [0, 0.05) is 45.5 Å². The van der Waals surface area contributed by atoms with E-state index in [0.717, 1.165) is 57.7 Å². The molecule has 0 unspecified atom stereocenters. The Morgan fingerprint density at radius 1 is 0.853 bits per heavy atom. The quantitative estimate of drug-likeness (QED) is 0.600. The highest BCUT2D eigenvalue weighted by atomic mass is 32.2. The summed E-state index contributed by atoms with van der Waals surface area (Å²) in [6.45, 7) is 4.27. The molecule has 1 aromatic carbocycles. The molecule has 3 aliphatic rings. The summed E-state index contributed by atoms with van der Waals surface area (Å²) >= 11 is 0. The fraction of sp³-hybridized carbons (Fsp3) is 0.458. The predicted octanol–water partition coefficient (Wildman–Crippen LogP) is 1.96. The lowest BCUT2D eigenvalue weighted by molar-refractivity contribution is -0.114. The lowest BCUT2D eigenvalue weighted by Crippen LogP contribution is -2.51. The van der Waals surface area contributed by atoms with Crippen molar-refractivity contribution in [3.05, 3.63) is 48.2 Å². The summed E-state index contributed by atoms with van der Waals surface area (Å²) in [6.07, 6.45) is 5.49. The molecule has 1 amide bonds. The number of hydrogen-bond acceptors (Lipinski definition) is 7. The molecule has 180 valence electrons. The van der Waals surface area contributed by atoms with Crippen molar-refractivity contribution in [3.63, 3.8) is 0 Å². The molecular weight excluding hydrogens is 454 g/mol. The van der Waals surface area contributed by atoms with Crippen LogP contribution in [0.1, 0.15) is 36.0 Å². The zero-order valence-corrected chi connectivity index (χ0v) is 19.9. The van der Waals surface area contributed by atoms with Crippen LogP contribution in [0, 0.1) is 0 Å². The van der Waals surface area contributed by atoms with Gasteiger partial charge in [-0.1, -0.05) is 18.9 Å². The van der Waals surface area contributed by atoms with Crippen LogP contribution in [0.5, 0.6) is 0 Å². The number of amides is 1. The van der Waals surface area contributed by atoms with Crippen LogP contribution in [0.2, 0.25) is 0 Å². The van der Waals surface area contributed by atoms with Crippen molar-refractivity contribution < 1.29 is 18.0 Å². The third kappa shape index (κ3) is 4.33. The first-order valence-corrected chi connectivity index (χ1v) is 13.3. The van der Waals surface area contributed by atoms with Crippen LogP contribution in [0.25, 0.3) is 0 Å². The van der Waals surface area contributed by atoms with E-state index in [0.29, 0.717) is 25.4 Å². The zero-order valence-electron chi connectivity index (χ0n) is 19.1.